The van der Waals surface area contributed by atoms with Gasteiger partial charge in [0, 0.05) is 6.54 Å². The zero-order valence-electron chi connectivity index (χ0n) is 10.6. The number of ether oxygens (including phenoxy) is 2. The van der Waals surface area contributed by atoms with E-state index in [1.165, 1.54) is 0 Å². The van der Waals surface area contributed by atoms with Crippen molar-refractivity contribution in [3.8, 4) is 0 Å². The highest BCUT2D eigenvalue weighted by atomic mass is 35.5. The van der Waals surface area contributed by atoms with Crippen LogP contribution in [-0.2, 0) is 14.3 Å². The molecule has 0 bridgehead atoms. The summed E-state index contributed by atoms with van der Waals surface area (Å²) in [6, 6.07) is -0.868. The number of hydrogen-bond acceptors (Lipinski definition) is 5. The summed E-state index contributed by atoms with van der Waals surface area (Å²) in [6.45, 7) is 7.19. The first-order valence-corrected chi connectivity index (χ1v) is 5.15. The normalized spacial score (nSPS) is 12.1. The van der Waals surface area contributed by atoms with Crippen molar-refractivity contribution >= 4 is 24.5 Å². The van der Waals surface area contributed by atoms with E-state index in [2.05, 4.69) is 10.1 Å². The molecule has 0 aliphatic rings. The van der Waals surface area contributed by atoms with Crippen LogP contribution in [0.3, 0.4) is 0 Å². The van der Waals surface area contributed by atoms with Crippen LogP contribution >= 0.6 is 12.4 Å². The maximum atomic E-state index is 11.2. The monoisotopic (exact) mass is 268 g/mol. The van der Waals surface area contributed by atoms with Gasteiger partial charge < -0.3 is 20.5 Å². The third kappa shape index (κ3) is 9.89. The number of carbonyl (C=O) groups excluding carboxylic acids is 2. The second kappa shape index (κ2) is 8.14. The Balaban J connectivity index is 0. The smallest absolute Gasteiger partial charge is 0.407 e. The SMILES string of the molecule is CCOC(=O)[C@H](N)CNC(=O)OC(C)(C)C.Cl. The van der Waals surface area contributed by atoms with Gasteiger partial charge in [-0.25, -0.2) is 4.79 Å². The molecule has 0 saturated heterocycles. The average Bonchev–Trinajstić information content (AvgIpc) is 2.11. The maximum absolute atomic E-state index is 11.2. The molecule has 0 rings (SSSR count). The number of hydrogen-bond donors (Lipinski definition) is 2. The molecule has 1 atom stereocenters. The van der Waals surface area contributed by atoms with E-state index in [1.54, 1.807) is 27.7 Å². The minimum absolute atomic E-state index is 0. The van der Waals surface area contributed by atoms with Gasteiger partial charge in [-0.2, -0.15) is 0 Å². The van der Waals surface area contributed by atoms with E-state index in [0.29, 0.717) is 0 Å². The lowest BCUT2D eigenvalue weighted by atomic mass is 10.2. The van der Waals surface area contributed by atoms with Crippen LogP contribution in [0.1, 0.15) is 27.7 Å². The highest BCUT2D eigenvalue weighted by molar-refractivity contribution is 5.85. The molecule has 0 radical (unpaired) electrons. The Labute approximate surface area is 108 Å². The van der Waals surface area contributed by atoms with E-state index in [9.17, 15) is 9.59 Å². The number of alkyl carbamates (subject to hydrolysis) is 1. The first kappa shape index (κ1) is 18.4. The van der Waals surface area contributed by atoms with Crippen molar-refractivity contribution in [2.24, 2.45) is 5.73 Å². The lowest BCUT2D eigenvalue weighted by Gasteiger charge is -2.20. The Morgan fingerprint density at radius 2 is 1.88 bits per heavy atom. The third-order valence-electron chi connectivity index (χ3n) is 1.45. The molecule has 17 heavy (non-hydrogen) atoms. The first-order valence-electron chi connectivity index (χ1n) is 5.15. The maximum Gasteiger partial charge on any atom is 0.407 e. The van der Waals surface area contributed by atoms with Crippen LogP contribution in [0, 0.1) is 0 Å². The van der Waals surface area contributed by atoms with Crippen LogP contribution in [-0.4, -0.2) is 36.9 Å². The zero-order valence-corrected chi connectivity index (χ0v) is 11.4. The Kier molecular flexibility index (Phi) is 8.79. The molecule has 0 aromatic carbocycles. The minimum Gasteiger partial charge on any atom is -0.465 e. The van der Waals surface area contributed by atoms with Gasteiger partial charge in [-0.05, 0) is 27.7 Å². The first-order chi connectivity index (χ1) is 7.26. The zero-order chi connectivity index (χ0) is 12.8. The summed E-state index contributed by atoms with van der Waals surface area (Å²) in [5.41, 5.74) is 4.90. The van der Waals surface area contributed by atoms with Crippen LogP contribution in [0.4, 0.5) is 4.79 Å². The van der Waals surface area contributed by atoms with Crippen LogP contribution in [0.5, 0.6) is 0 Å². The van der Waals surface area contributed by atoms with Gasteiger partial charge in [0.05, 0.1) is 6.61 Å². The van der Waals surface area contributed by atoms with Gasteiger partial charge >= 0.3 is 12.1 Å². The van der Waals surface area contributed by atoms with Crippen molar-refractivity contribution in [2.45, 2.75) is 39.3 Å². The summed E-state index contributed by atoms with van der Waals surface area (Å²) in [4.78, 5) is 22.3. The number of carbonyl (C=O) groups is 2. The van der Waals surface area contributed by atoms with Crippen molar-refractivity contribution < 1.29 is 19.1 Å². The molecule has 0 aliphatic carbocycles. The Morgan fingerprint density at radius 1 is 1.35 bits per heavy atom. The number of nitrogens with one attached hydrogen (secondary N) is 1. The second-order valence-corrected chi connectivity index (χ2v) is 4.24. The van der Waals surface area contributed by atoms with E-state index in [-0.39, 0.29) is 25.6 Å². The van der Waals surface area contributed by atoms with Crippen LogP contribution in [0.2, 0.25) is 0 Å². The number of halogens is 1. The molecule has 0 aromatic rings. The molecule has 6 nitrogen and oxygen atoms in total. The Hall–Kier alpha value is -1.01. The van der Waals surface area contributed by atoms with Gasteiger partial charge in [0.2, 0.25) is 0 Å². The second-order valence-electron chi connectivity index (χ2n) is 4.24. The topological polar surface area (TPSA) is 90.6 Å². The molecule has 0 aliphatic heterocycles. The summed E-state index contributed by atoms with van der Waals surface area (Å²) < 4.78 is 9.65. The highest BCUT2D eigenvalue weighted by Gasteiger charge is 2.19. The molecule has 0 spiro atoms. The molecule has 0 heterocycles. The van der Waals surface area contributed by atoms with Gasteiger partial charge in [-0.1, -0.05) is 0 Å². The van der Waals surface area contributed by atoms with Crippen molar-refractivity contribution in [3.63, 3.8) is 0 Å². The molecule has 1 amide bonds. The van der Waals surface area contributed by atoms with Crippen molar-refractivity contribution in [2.75, 3.05) is 13.2 Å². The molecule has 0 aromatic heterocycles. The summed E-state index contributed by atoms with van der Waals surface area (Å²) in [6.07, 6.45) is -0.604. The summed E-state index contributed by atoms with van der Waals surface area (Å²) in [5.74, 6) is -0.543. The lowest BCUT2D eigenvalue weighted by molar-refractivity contribution is -0.144. The molecule has 7 heteroatoms. The summed E-state index contributed by atoms with van der Waals surface area (Å²) in [7, 11) is 0. The molecule has 0 saturated carbocycles. The van der Waals surface area contributed by atoms with Crippen LogP contribution < -0.4 is 11.1 Å². The van der Waals surface area contributed by atoms with E-state index in [1.807, 2.05) is 0 Å². The van der Waals surface area contributed by atoms with Crippen LogP contribution in [0.25, 0.3) is 0 Å². The molecule has 3 N–H and O–H groups in total. The number of rotatable bonds is 4. The summed E-state index contributed by atoms with van der Waals surface area (Å²) >= 11 is 0. The largest absolute Gasteiger partial charge is 0.465 e. The predicted molar refractivity (Wildman–Crippen MR) is 66.1 cm³/mol. The number of amides is 1. The van der Waals surface area contributed by atoms with Gasteiger partial charge in [0.25, 0.3) is 0 Å². The van der Waals surface area contributed by atoms with Crippen LogP contribution in [0.15, 0.2) is 0 Å². The van der Waals surface area contributed by atoms with Crippen molar-refractivity contribution in [3.05, 3.63) is 0 Å². The Morgan fingerprint density at radius 3 is 2.29 bits per heavy atom. The fraction of sp³-hybridized carbons (Fsp3) is 0.800. The van der Waals surface area contributed by atoms with Gasteiger partial charge in [-0.3, -0.25) is 4.79 Å². The minimum atomic E-state index is -0.868. The molecule has 102 valence electrons. The molecular weight excluding hydrogens is 248 g/mol. The van der Waals surface area contributed by atoms with E-state index < -0.39 is 23.7 Å². The molecule has 0 unspecified atom stereocenters. The van der Waals surface area contributed by atoms with Crippen molar-refractivity contribution in [1.29, 1.82) is 0 Å². The highest BCUT2D eigenvalue weighted by Crippen LogP contribution is 2.06. The summed E-state index contributed by atoms with van der Waals surface area (Å²) in [5, 5.41) is 2.39. The molecular formula is C10H21ClN2O4. The van der Waals surface area contributed by atoms with Gasteiger partial charge in [-0.15, -0.1) is 12.4 Å². The van der Waals surface area contributed by atoms with Gasteiger partial charge in [0.15, 0.2) is 0 Å². The van der Waals surface area contributed by atoms with Gasteiger partial charge in [0.1, 0.15) is 11.6 Å². The van der Waals surface area contributed by atoms with E-state index in [4.69, 9.17) is 10.5 Å². The predicted octanol–water partition coefficient (Wildman–Crippen LogP) is 0.823. The average molecular weight is 269 g/mol. The van der Waals surface area contributed by atoms with E-state index in [0.717, 1.165) is 0 Å². The Bertz CT molecular complexity index is 253. The fourth-order valence-electron chi connectivity index (χ4n) is 0.840. The number of nitrogens with two attached hydrogens (primary N) is 1. The lowest BCUT2D eigenvalue weighted by Crippen LogP contribution is -2.44. The standard InChI is InChI=1S/C10H20N2O4.ClH/c1-5-15-8(13)7(11)6-12-9(14)16-10(2,3)4;/h7H,5-6,11H2,1-4H3,(H,12,14);1H/t7-;/m1./s1. The number of esters is 1. The molecule has 0 fully saturated rings. The van der Waals surface area contributed by atoms with E-state index >= 15 is 0 Å². The fourth-order valence-corrected chi connectivity index (χ4v) is 0.840. The van der Waals surface area contributed by atoms with Crippen molar-refractivity contribution in [1.82, 2.24) is 5.32 Å². The third-order valence-corrected chi connectivity index (χ3v) is 1.45. The quantitative estimate of drug-likeness (QED) is 0.737.